The number of carbonyl (C=O) groups is 3. The molecule has 2 amide bonds. The van der Waals surface area contributed by atoms with Crippen molar-refractivity contribution in [2.45, 2.75) is 6.92 Å². The zero-order chi connectivity index (χ0) is 18.9. The minimum absolute atomic E-state index is 0.0460. The highest BCUT2D eigenvalue weighted by Gasteiger charge is 2.20. The summed E-state index contributed by atoms with van der Waals surface area (Å²) in [5, 5.41) is 0. The van der Waals surface area contributed by atoms with Crippen LogP contribution in [0.2, 0.25) is 0 Å². The maximum atomic E-state index is 12.1. The Hall–Kier alpha value is -2.67. The SMILES string of the molecule is Cc1ccc(/C=C/C(=O)OCC(=O)N(C)CC(=O)N2CCOCC2)cc1. The number of rotatable bonds is 6. The van der Waals surface area contributed by atoms with E-state index in [1.807, 2.05) is 31.2 Å². The van der Waals surface area contributed by atoms with Gasteiger partial charge in [-0.1, -0.05) is 29.8 Å². The zero-order valence-corrected chi connectivity index (χ0v) is 15.1. The molecule has 0 bridgehead atoms. The molecular formula is C19H24N2O5. The minimum Gasteiger partial charge on any atom is -0.452 e. The molecule has 1 heterocycles. The number of hydrogen-bond acceptors (Lipinski definition) is 5. The number of nitrogens with zero attached hydrogens (tertiary/aromatic N) is 2. The first-order valence-corrected chi connectivity index (χ1v) is 8.46. The molecule has 0 saturated carbocycles. The summed E-state index contributed by atoms with van der Waals surface area (Å²) in [5.41, 5.74) is 2.00. The Morgan fingerprint density at radius 3 is 2.50 bits per heavy atom. The molecule has 1 aromatic carbocycles. The van der Waals surface area contributed by atoms with Gasteiger partial charge in [0.15, 0.2) is 6.61 Å². The molecule has 1 fully saturated rings. The number of aryl methyl sites for hydroxylation is 1. The summed E-state index contributed by atoms with van der Waals surface area (Å²) in [4.78, 5) is 38.7. The van der Waals surface area contributed by atoms with Crippen LogP contribution in [0.1, 0.15) is 11.1 Å². The van der Waals surface area contributed by atoms with Crippen molar-refractivity contribution in [1.82, 2.24) is 9.80 Å². The molecule has 0 spiro atoms. The molecule has 0 radical (unpaired) electrons. The number of hydrogen-bond donors (Lipinski definition) is 0. The summed E-state index contributed by atoms with van der Waals surface area (Å²) in [7, 11) is 1.51. The van der Waals surface area contributed by atoms with Crippen molar-refractivity contribution in [2.24, 2.45) is 0 Å². The zero-order valence-electron chi connectivity index (χ0n) is 15.1. The number of benzene rings is 1. The molecular weight excluding hydrogens is 336 g/mol. The first-order chi connectivity index (χ1) is 12.5. The van der Waals surface area contributed by atoms with Gasteiger partial charge in [0.25, 0.3) is 5.91 Å². The van der Waals surface area contributed by atoms with Crippen LogP contribution < -0.4 is 0 Å². The molecule has 0 aliphatic carbocycles. The Balaban J connectivity index is 1.73. The number of likely N-dealkylation sites (N-methyl/N-ethyl adjacent to an activating group) is 1. The van der Waals surface area contributed by atoms with E-state index in [2.05, 4.69) is 0 Å². The summed E-state index contributed by atoms with van der Waals surface area (Å²) >= 11 is 0. The first-order valence-electron chi connectivity index (χ1n) is 8.46. The normalized spacial score (nSPS) is 14.3. The van der Waals surface area contributed by atoms with Crippen LogP contribution >= 0.6 is 0 Å². The molecule has 1 aromatic rings. The second kappa shape index (κ2) is 9.72. The monoisotopic (exact) mass is 360 g/mol. The number of amides is 2. The van der Waals surface area contributed by atoms with Crippen molar-refractivity contribution < 1.29 is 23.9 Å². The molecule has 7 nitrogen and oxygen atoms in total. The van der Waals surface area contributed by atoms with Crippen LogP contribution in [0.3, 0.4) is 0 Å². The maximum Gasteiger partial charge on any atom is 0.331 e. The minimum atomic E-state index is -0.605. The number of ether oxygens (including phenoxy) is 2. The number of morpholine rings is 1. The smallest absolute Gasteiger partial charge is 0.331 e. The quantitative estimate of drug-likeness (QED) is 0.556. The maximum absolute atomic E-state index is 12.1. The molecule has 26 heavy (non-hydrogen) atoms. The summed E-state index contributed by atoms with van der Waals surface area (Å²) in [5.74, 6) is -1.18. The third-order valence-electron chi connectivity index (χ3n) is 3.99. The Morgan fingerprint density at radius 1 is 1.19 bits per heavy atom. The van der Waals surface area contributed by atoms with Gasteiger partial charge in [0, 0.05) is 26.2 Å². The van der Waals surface area contributed by atoms with Gasteiger partial charge in [-0.25, -0.2) is 4.79 Å². The van der Waals surface area contributed by atoms with Crippen molar-refractivity contribution >= 4 is 23.9 Å². The van der Waals surface area contributed by atoms with Gasteiger partial charge in [0.2, 0.25) is 5.91 Å². The molecule has 1 aliphatic heterocycles. The Kier molecular flexibility index (Phi) is 7.35. The van der Waals surface area contributed by atoms with Crippen molar-refractivity contribution in [3.05, 3.63) is 41.5 Å². The van der Waals surface area contributed by atoms with Crippen LogP contribution in [-0.4, -0.2) is 74.1 Å². The highest BCUT2D eigenvalue weighted by molar-refractivity contribution is 5.90. The van der Waals surface area contributed by atoms with Crippen molar-refractivity contribution in [3.8, 4) is 0 Å². The van der Waals surface area contributed by atoms with Gasteiger partial charge >= 0.3 is 5.97 Å². The van der Waals surface area contributed by atoms with E-state index >= 15 is 0 Å². The first kappa shape index (κ1) is 19.7. The Morgan fingerprint density at radius 2 is 1.85 bits per heavy atom. The van der Waals surface area contributed by atoms with Crippen LogP contribution in [0.15, 0.2) is 30.3 Å². The van der Waals surface area contributed by atoms with Gasteiger partial charge in [-0.15, -0.1) is 0 Å². The highest BCUT2D eigenvalue weighted by atomic mass is 16.5. The van der Waals surface area contributed by atoms with E-state index in [9.17, 15) is 14.4 Å². The average Bonchev–Trinajstić information content (AvgIpc) is 2.66. The van der Waals surface area contributed by atoms with Crippen LogP contribution in [0.4, 0.5) is 0 Å². The van der Waals surface area contributed by atoms with Gasteiger partial charge in [-0.3, -0.25) is 9.59 Å². The fraction of sp³-hybridized carbons (Fsp3) is 0.421. The predicted molar refractivity (Wildman–Crippen MR) is 96.2 cm³/mol. The largest absolute Gasteiger partial charge is 0.452 e. The summed E-state index contributed by atoms with van der Waals surface area (Å²) in [6, 6.07) is 7.65. The summed E-state index contributed by atoms with van der Waals surface area (Å²) in [6.45, 7) is 3.61. The Bertz CT molecular complexity index is 663. The van der Waals surface area contributed by atoms with E-state index in [1.165, 1.54) is 18.0 Å². The fourth-order valence-electron chi connectivity index (χ4n) is 2.34. The van der Waals surface area contributed by atoms with Crippen molar-refractivity contribution in [1.29, 1.82) is 0 Å². The van der Waals surface area contributed by atoms with E-state index in [0.717, 1.165) is 11.1 Å². The molecule has 0 N–H and O–H groups in total. The molecule has 7 heteroatoms. The average molecular weight is 360 g/mol. The molecule has 1 aliphatic rings. The Labute approximate surface area is 153 Å². The number of carbonyl (C=O) groups excluding carboxylic acids is 3. The lowest BCUT2D eigenvalue weighted by Gasteiger charge is -2.28. The van der Waals surface area contributed by atoms with E-state index in [4.69, 9.17) is 9.47 Å². The predicted octanol–water partition coefficient (Wildman–Crippen LogP) is 0.869. The van der Waals surface area contributed by atoms with Crippen LogP contribution in [-0.2, 0) is 23.9 Å². The van der Waals surface area contributed by atoms with E-state index in [-0.39, 0.29) is 12.5 Å². The third-order valence-corrected chi connectivity index (χ3v) is 3.99. The van der Waals surface area contributed by atoms with Gasteiger partial charge in [-0.2, -0.15) is 0 Å². The van der Waals surface area contributed by atoms with Crippen molar-refractivity contribution in [2.75, 3.05) is 46.5 Å². The highest BCUT2D eigenvalue weighted by Crippen LogP contribution is 2.05. The second-order valence-electron chi connectivity index (χ2n) is 6.09. The van der Waals surface area contributed by atoms with Gasteiger partial charge in [0.1, 0.15) is 0 Å². The standard InChI is InChI=1S/C19H24N2O5/c1-15-3-5-16(6-4-15)7-8-19(24)26-14-18(23)20(2)13-17(22)21-9-11-25-12-10-21/h3-8H,9-14H2,1-2H3/b8-7+. The lowest BCUT2D eigenvalue weighted by atomic mass is 10.1. The molecule has 2 rings (SSSR count). The van der Waals surface area contributed by atoms with Crippen LogP contribution in [0.25, 0.3) is 6.08 Å². The molecule has 0 unspecified atom stereocenters. The van der Waals surface area contributed by atoms with Gasteiger partial charge < -0.3 is 19.3 Å². The molecule has 1 saturated heterocycles. The van der Waals surface area contributed by atoms with E-state index < -0.39 is 18.5 Å². The lowest BCUT2D eigenvalue weighted by Crippen LogP contribution is -2.46. The second-order valence-corrected chi connectivity index (χ2v) is 6.09. The number of esters is 1. The summed E-state index contributed by atoms with van der Waals surface area (Å²) in [6.07, 6.45) is 2.90. The molecule has 0 atom stereocenters. The van der Waals surface area contributed by atoms with Crippen LogP contribution in [0.5, 0.6) is 0 Å². The third kappa shape index (κ3) is 6.33. The lowest BCUT2D eigenvalue weighted by molar-refractivity contribution is -0.149. The summed E-state index contributed by atoms with van der Waals surface area (Å²) < 4.78 is 10.1. The van der Waals surface area contributed by atoms with Crippen molar-refractivity contribution in [3.63, 3.8) is 0 Å². The fourth-order valence-corrected chi connectivity index (χ4v) is 2.34. The van der Waals surface area contributed by atoms with Gasteiger partial charge in [-0.05, 0) is 18.6 Å². The van der Waals surface area contributed by atoms with Crippen LogP contribution in [0, 0.1) is 6.92 Å². The molecule has 140 valence electrons. The topological polar surface area (TPSA) is 76.2 Å². The van der Waals surface area contributed by atoms with Gasteiger partial charge in [0.05, 0.1) is 19.8 Å². The van der Waals surface area contributed by atoms with E-state index in [1.54, 1.807) is 11.0 Å². The van der Waals surface area contributed by atoms with E-state index in [0.29, 0.717) is 26.3 Å². The molecule has 0 aromatic heterocycles.